The van der Waals surface area contributed by atoms with Crippen molar-refractivity contribution in [2.45, 2.75) is 32.2 Å². The maximum atomic E-state index is 12.5. The first-order valence-electron chi connectivity index (χ1n) is 8.69. The van der Waals surface area contributed by atoms with Gasteiger partial charge in [-0.2, -0.15) is 0 Å². The standard InChI is InChI=1S/C21H22N2O2/c1-13-4-3-5-14(10-13)21(24)22-15-6-8-19-17(11-15)18-12-16(25-2)7-9-20(18)23-19/h3-5,7,9-10,12,15,23H,6,8,11H2,1-2H3,(H,22,24). The Labute approximate surface area is 147 Å². The fourth-order valence-corrected chi connectivity index (χ4v) is 3.70. The molecule has 0 fully saturated rings. The van der Waals surface area contributed by atoms with E-state index in [1.807, 2.05) is 37.3 Å². The minimum atomic E-state index is 0.00886. The van der Waals surface area contributed by atoms with Gasteiger partial charge in [-0.05, 0) is 62.1 Å². The summed E-state index contributed by atoms with van der Waals surface area (Å²) in [7, 11) is 1.69. The van der Waals surface area contributed by atoms with Crippen LogP contribution in [0.15, 0.2) is 42.5 Å². The molecule has 0 bridgehead atoms. The number of carbonyl (C=O) groups excluding carboxylic acids is 1. The molecule has 1 aromatic heterocycles. The topological polar surface area (TPSA) is 54.1 Å². The van der Waals surface area contributed by atoms with Crippen LogP contribution in [0.4, 0.5) is 0 Å². The van der Waals surface area contributed by atoms with Crippen LogP contribution in [0.2, 0.25) is 0 Å². The highest BCUT2D eigenvalue weighted by molar-refractivity contribution is 5.94. The van der Waals surface area contributed by atoms with Crippen molar-refractivity contribution in [2.75, 3.05) is 7.11 Å². The van der Waals surface area contributed by atoms with Crippen LogP contribution in [-0.4, -0.2) is 24.0 Å². The van der Waals surface area contributed by atoms with Crippen LogP contribution in [0, 0.1) is 6.92 Å². The van der Waals surface area contributed by atoms with Crippen molar-refractivity contribution in [2.24, 2.45) is 0 Å². The van der Waals surface area contributed by atoms with E-state index in [0.717, 1.165) is 41.7 Å². The highest BCUT2D eigenvalue weighted by Crippen LogP contribution is 2.31. The van der Waals surface area contributed by atoms with Gasteiger partial charge in [-0.25, -0.2) is 0 Å². The molecule has 0 radical (unpaired) electrons. The monoisotopic (exact) mass is 334 g/mol. The highest BCUT2D eigenvalue weighted by Gasteiger charge is 2.24. The normalized spacial score (nSPS) is 16.5. The Morgan fingerprint density at radius 3 is 2.92 bits per heavy atom. The van der Waals surface area contributed by atoms with Gasteiger partial charge in [-0.1, -0.05) is 17.7 Å². The number of nitrogens with one attached hydrogen (secondary N) is 2. The largest absolute Gasteiger partial charge is 0.497 e. The van der Waals surface area contributed by atoms with Gasteiger partial charge >= 0.3 is 0 Å². The molecule has 4 nitrogen and oxygen atoms in total. The Morgan fingerprint density at radius 1 is 1.24 bits per heavy atom. The molecule has 0 aliphatic heterocycles. The molecule has 1 aliphatic rings. The van der Waals surface area contributed by atoms with Crippen LogP contribution < -0.4 is 10.1 Å². The van der Waals surface area contributed by atoms with E-state index in [-0.39, 0.29) is 11.9 Å². The van der Waals surface area contributed by atoms with Crippen molar-refractivity contribution >= 4 is 16.8 Å². The molecule has 2 aromatic carbocycles. The zero-order chi connectivity index (χ0) is 17.4. The number of hydrogen-bond acceptors (Lipinski definition) is 2. The lowest BCUT2D eigenvalue weighted by molar-refractivity contribution is 0.0933. The summed E-state index contributed by atoms with van der Waals surface area (Å²) in [5, 5.41) is 4.40. The molecule has 3 aromatic rings. The number of carbonyl (C=O) groups is 1. The lowest BCUT2D eigenvalue weighted by Crippen LogP contribution is -2.38. The lowest BCUT2D eigenvalue weighted by atomic mass is 9.91. The maximum Gasteiger partial charge on any atom is 0.251 e. The molecule has 1 amide bonds. The molecule has 0 saturated carbocycles. The first-order chi connectivity index (χ1) is 12.1. The van der Waals surface area contributed by atoms with Gasteiger partial charge in [0.05, 0.1) is 7.11 Å². The molecule has 1 atom stereocenters. The van der Waals surface area contributed by atoms with Gasteiger partial charge in [0.25, 0.3) is 5.91 Å². The lowest BCUT2D eigenvalue weighted by Gasteiger charge is -2.23. The summed E-state index contributed by atoms with van der Waals surface area (Å²) < 4.78 is 5.36. The number of aromatic nitrogens is 1. The molecule has 4 heteroatoms. The summed E-state index contributed by atoms with van der Waals surface area (Å²) in [6.45, 7) is 2.00. The van der Waals surface area contributed by atoms with Gasteiger partial charge < -0.3 is 15.0 Å². The minimum Gasteiger partial charge on any atom is -0.497 e. The summed E-state index contributed by atoms with van der Waals surface area (Å²) in [6, 6.07) is 14.0. The van der Waals surface area contributed by atoms with Crippen molar-refractivity contribution in [3.63, 3.8) is 0 Å². The van der Waals surface area contributed by atoms with Gasteiger partial charge in [0.1, 0.15) is 5.75 Å². The van der Waals surface area contributed by atoms with Crippen molar-refractivity contribution < 1.29 is 9.53 Å². The number of H-pyrrole nitrogens is 1. The van der Waals surface area contributed by atoms with E-state index in [2.05, 4.69) is 22.4 Å². The molecule has 1 unspecified atom stereocenters. The second-order valence-electron chi connectivity index (χ2n) is 6.78. The average molecular weight is 334 g/mol. The molecule has 0 spiro atoms. The third kappa shape index (κ3) is 3.00. The highest BCUT2D eigenvalue weighted by atomic mass is 16.5. The number of amides is 1. The summed E-state index contributed by atoms with van der Waals surface area (Å²) >= 11 is 0. The Morgan fingerprint density at radius 2 is 2.12 bits per heavy atom. The summed E-state index contributed by atoms with van der Waals surface area (Å²) in [6.07, 6.45) is 2.75. The second-order valence-corrected chi connectivity index (χ2v) is 6.78. The Bertz CT molecular complexity index is 942. The average Bonchev–Trinajstić information content (AvgIpc) is 2.98. The third-order valence-electron chi connectivity index (χ3n) is 5.01. The van der Waals surface area contributed by atoms with E-state index in [4.69, 9.17) is 4.74 Å². The van der Waals surface area contributed by atoms with Crippen molar-refractivity contribution in [1.29, 1.82) is 0 Å². The Balaban J connectivity index is 1.57. The molecule has 0 saturated heterocycles. The number of benzene rings is 2. The van der Waals surface area contributed by atoms with Crippen LogP contribution in [-0.2, 0) is 12.8 Å². The molecule has 128 valence electrons. The first kappa shape index (κ1) is 15.8. The zero-order valence-corrected chi connectivity index (χ0v) is 14.6. The van der Waals surface area contributed by atoms with E-state index >= 15 is 0 Å². The number of rotatable bonds is 3. The maximum absolute atomic E-state index is 12.5. The van der Waals surface area contributed by atoms with Crippen molar-refractivity contribution in [1.82, 2.24) is 10.3 Å². The van der Waals surface area contributed by atoms with Crippen LogP contribution in [0.3, 0.4) is 0 Å². The fraction of sp³-hybridized carbons (Fsp3) is 0.286. The summed E-state index contributed by atoms with van der Waals surface area (Å²) in [5.41, 5.74) is 5.55. The fourth-order valence-electron chi connectivity index (χ4n) is 3.70. The van der Waals surface area contributed by atoms with E-state index in [1.165, 1.54) is 16.6 Å². The number of aromatic amines is 1. The first-order valence-corrected chi connectivity index (χ1v) is 8.69. The molecule has 4 rings (SSSR count). The smallest absolute Gasteiger partial charge is 0.251 e. The van der Waals surface area contributed by atoms with Gasteiger partial charge in [-0.3, -0.25) is 4.79 Å². The Kier molecular flexibility index (Phi) is 3.96. The second kappa shape index (κ2) is 6.28. The predicted octanol–water partition coefficient (Wildman–Crippen LogP) is 3.77. The van der Waals surface area contributed by atoms with Gasteiger partial charge in [0, 0.05) is 28.2 Å². The molecule has 2 N–H and O–H groups in total. The van der Waals surface area contributed by atoms with E-state index in [0.29, 0.717) is 0 Å². The Hall–Kier alpha value is -2.75. The summed E-state index contributed by atoms with van der Waals surface area (Å²) in [5.74, 6) is 0.870. The van der Waals surface area contributed by atoms with E-state index in [9.17, 15) is 4.79 Å². The number of fused-ring (bicyclic) bond motifs is 3. The van der Waals surface area contributed by atoms with Gasteiger partial charge in [0.15, 0.2) is 0 Å². The number of ether oxygens (including phenoxy) is 1. The van der Waals surface area contributed by atoms with Crippen LogP contribution in [0.1, 0.15) is 33.6 Å². The SMILES string of the molecule is COc1ccc2[nH]c3c(c2c1)CC(NC(=O)c1cccc(C)c1)CC3. The molecule has 1 aliphatic carbocycles. The number of aryl methyl sites for hydroxylation is 2. The van der Waals surface area contributed by atoms with E-state index < -0.39 is 0 Å². The van der Waals surface area contributed by atoms with Crippen LogP contribution >= 0.6 is 0 Å². The summed E-state index contributed by atoms with van der Waals surface area (Å²) in [4.78, 5) is 16.1. The van der Waals surface area contributed by atoms with Gasteiger partial charge in [0.2, 0.25) is 0 Å². The molecule has 25 heavy (non-hydrogen) atoms. The van der Waals surface area contributed by atoms with Crippen molar-refractivity contribution in [3.8, 4) is 5.75 Å². The number of methoxy groups -OCH3 is 1. The van der Waals surface area contributed by atoms with Crippen molar-refractivity contribution in [3.05, 3.63) is 64.8 Å². The van der Waals surface area contributed by atoms with E-state index in [1.54, 1.807) is 7.11 Å². The predicted molar refractivity (Wildman–Crippen MR) is 99.3 cm³/mol. The third-order valence-corrected chi connectivity index (χ3v) is 5.01. The van der Waals surface area contributed by atoms with Crippen LogP contribution in [0.25, 0.3) is 10.9 Å². The molecular weight excluding hydrogens is 312 g/mol. The number of hydrogen-bond donors (Lipinski definition) is 2. The molecular formula is C21H22N2O2. The minimum absolute atomic E-state index is 0.00886. The quantitative estimate of drug-likeness (QED) is 0.766. The zero-order valence-electron chi connectivity index (χ0n) is 14.6. The van der Waals surface area contributed by atoms with Crippen LogP contribution in [0.5, 0.6) is 5.75 Å². The molecule has 1 heterocycles. The van der Waals surface area contributed by atoms with Gasteiger partial charge in [-0.15, -0.1) is 0 Å².